The number of nitrogens with zero attached hydrogens (tertiary/aromatic N) is 2. The molecule has 174 valence electrons. The molecule has 2 amide bonds. The number of rotatable bonds is 7. The van der Waals surface area contributed by atoms with Crippen LogP contribution in [0.15, 0.2) is 65.2 Å². The van der Waals surface area contributed by atoms with Crippen LogP contribution in [0.5, 0.6) is 5.75 Å². The van der Waals surface area contributed by atoms with Crippen molar-refractivity contribution in [3.63, 3.8) is 0 Å². The summed E-state index contributed by atoms with van der Waals surface area (Å²) in [5, 5.41) is 10.4. The molecule has 2 aromatic carbocycles. The van der Waals surface area contributed by atoms with Crippen LogP contribution in [0.1, 0.15) is 26.8 Å². The molecule has 0 bridgehead atoms. The molecule has 0 radical (unpaired) electrons. The van der Waals surface area contributed by atoms with Gasteiger partial charge in [-0.25, -0.2) is 0 Å². The fourth-order valence-electron chi connectivity index (χ4n) is 2.95. The zero-order chi connectivity index (χ0) is 24.2. The van der Waals surface area contributed by atoms with Gasteiger partial charge in [-0.2, -0.15) is 5.10 Å². The van der Waals surface area contributed by atoms with Crippen LogP contribution in [0, 0.1) is 0 Å². The average molecular weight is 520 g/mol. The van der Waals surface area contributed by atoms with E-state index in [1.165, 1.54) is 18.2 Å². The molecule has 2 aromatic heterocycles. The SMILES string of the molecule is Cn1ccc(C(=O)Nc2ccc(NC(=O)c3ccc(COc4c(Cl)cc(Cl)cc4Cl)o3)cc2)n1. The highest BCUT2D eigenvalue weighted by molar-refractivity contribution is 6.40. The summed E-state index contributed by atoms with van der Waals surface area (Å²) in [6.07, 6.45) is 1.68. The second-order valence-corrected chi connectivity index (χ2v) is 8.36. The average Bonchev–Trinajstić information content (AvgIpc) is 3.44. The van der Waals surface area contributed by atoms with Gasteiger partial charge in [-0.3, -0.25) is 14.3 Å². The Bertz CT molecular complexity index is 1330. The Kier molecular flexibility index (Phi) is 7.12. The summed E-state index contributed by atoms with van der Waals surface area (Å²) in [7, 11) is 1.73. The Hall–Kier alpha value is -3.46. The van der Waals surface area contributed by atoms with Crippen LogP contribution in [-0.2, 0) is 13.7 Å². The van der Waals surface area contributed by atoms with Gasteiger partial charge in [-0.05, 0) is 54.6 Å². The van der Waals surface area contributed by atoms with Crippen molar-refractivity contribution in [1.82, 2.24) is 9.78 Å². The summed E-state index contributed by atoms with van der Waals surface area (Å²) < 4.78 is 12.7. The van der Waals surface area contributed by atoms with E-state index in [1.807, 2.05) is 0 Å². The molecule has 0 aliphatic carbocycles. The number of carbonyl (C=O) groups is 2. The fourth-order valence-corrected chi connectivity index (χ4v) is 3.87. The molecule has 0 fully saturated rings. The van der Waals surface area contributed by atoms with Crippen LogP contribution >= 0.6 is 34.8 Å². The minimum absolute atomic E-state index is 0.0129. The molecule has 11 heteroatoms. The van der Waals surface area contributed by atoms with Gasteiger partial charge in [0.1, 0.15) is 12.4 Å². The van der Waals surface area contributed by atoms with Crippen LogP contribution in [0.4, 0.5) is 11.4 Å². The van der Waals surface area contributed by atoms with E-state index in [0.29, 0.717) is 27.9 Å². The molecular weight excluding hydrogens is 503 g/mol. The topological polar surface area (TPSA) is 98.4 Å². The monoisotopic (exact) mass is 518 g/mol. The highest BCUT2D eigenvalue weighted by atomic mass is 35.5. The van der Waals surface area contributed by atoms with Crippen molar-refractivity contribution in [3.05, 3.63) is 93.1 Å². The standard InChI is InChI=1S/C23H17Cl3N4O4/c1-30-9-8-19(29-30)22(31)27-14-2-4-15(5-3-14)28-23(32)20-7-6-16(34-20)12-33-21-17(25)10-13(24)11-18(21)26/h2-11H,12H2,1H3,(H,27,31)(H,28,32). The molecule has 0 saturated heterocycles. The fraction of sp³-hybridized carbons (Fsp3) is 0.0870. The van der Waals surface area contributed by atoms with E-state index < -0.39 is 5.91 Å². The smallest absolute Gasteiger partial charge is 0.291 e. The molecule has 34 heavy (non-hydrogen) atoms. The molecule has 4 aromatic rings. The molecule has 0 saturated carbocycles. The molecule has 2 heterocycles. The molecule has 0 atom stereocenters. The summed E-state index contributed by atoms with van der Waals surface area (Å²) in [5.41, 5.74) is 1.39. The molecule has 2 N–H and O–H groups in total. The number of nitrogens with one attached hydrogen (secondary N) is 2. The maximum atomic E-state index is 12.5. The number of furan rings is 1. The van der Waals surface area contributed by atoms with Crippen LogP contribution in [0.2, 0.25) is 15.1 Å². The largest absolute Gasteiger partial charge is 0.483 e. The summed E-state index contributed by atoms with van der Waals surface area (Å²) in [6, 6.07) is 14.4. The van der Waals surface area contributed by atoms with Gasteiger partial charge in [-0.15, -0.1) is 0 Å². The Labute approximate surface area is 209 Å². The van der Waals surface area contributed by atoms with Crippen molar-refractivity contribution in [2.45, 2.75) is 6.61 Å². The number of aryl methyl sites for hydroxylation is 1. The lowest BCUT2D eigenvalue weighted by molar-refractivity contribution is 0.0990. The first-order chi connectivity index (χ1) is 16.3. The number of carbonyl (C=O) groups excluding carboxylic acids is 2. The predicted octanol–water partition coefficient (Wildman–Crippen LogP) is 6.06. The van der Waals surface area contributed by atoms with Crippen LogP contribution in [0.25, 0.3) is 0 Å². The van der Waals surface area contributed by atoms with Crippen LogP contribution < -0.4 is 15.4 Å². The van der Waals surface area contributed by atoms with Gasteiger partial charge >= 0.3 is 0 Å². The lowest BCUT2D eigenvalue weighted by Gasteiger charge is -2.09. The Morgan fingerprint density at radius 3 is 2.15 bits per heavy atom. The van der Waals surface area contributed by atoms with E-state index in [4.69, 9.17) is 44.0 Å². The summed E-state index contributed by atoms with van der Waals surface area (Å²) >= 11 is 18.1. The third kappa shape index (κ3) is 5.72. The van der Waals surface area contributed by atoms with Gasteiger partial charge in [0.2, 0.25) is 0 Å². The lowest BCUT2D eigenvalue weighted by atomic mass is 10.2. The lowest BCUT2D eigenvalue weighted by Crippen LogP contribution is -2.13. The number of hydrogen-bond donors (Lipinski definition) is 2. The quantitative estimate of drug-likeness (QED) is 0.309. The number of anilines is 2. The zero-order valence-electron chi connectivity index (χ0n) is 17.6. The van der Waals surface area contributed by atoms with Gasteiger partial charge in [0.15, 0.2) is 17.2 Å². The summed E-state index contributed by atoms with van der Waals surface area (Å²) in [5.74, 6) is -0.00687. The normalized spacial score (nSPS) is 10.7. The van der Waals surface area contributed by atoms with Crippen LogP contribution in [0.3, 0.4) is 0 Å². The Morgan fingerprint density at radius 1 is 0.941 bits per heavy atom. The van der Waals surface area contributed by atoms with E-state index in [9.17, 15) is 9.59 Å². The highest BCUT2D eigenvalue weighted by Crippen LogP contribution is 2.36. The molecule has 8 nitrogen and oxygen atoms in total. The molecule has 0 aliphatic rings. The zero-order valence-corrected chi connectivity index (χ0v) is 19.9. The van der Waals surface area contributed by atoms with Gasteiger partial charge in [0, 0.05) is 29.6 Å². The summed E-state index contributed by atoms with van der Waals surface area (Å²) in [6.45, 7) is 0.0129. The van der Waals surface area contributed by atoms with Gasteiger partial charge in [0.25, 0.3) is 11.8 Å². The number of benzene rings is 2. The molecule has 0 aliphatic heterocycles. The van der Waals surface area contributed by atoms with E-state index >= 15 is 0 Å². The molecule has 0 spiro atoms. The maximum absolute atomic E-state index is 12.5. The molecule has 4 rings (SSSR count). The minimum Gasteiger partial charge on any atom is -0.483 e. The number of ether oxygens (including phenoxy) is 1. The summed E-state index contributed by atoms with van der Waals surface area (Å²) in [4.78, 5) is 24.7. The number of amides is 2. The van der Waals surface area contributed by atoms with E-state index in [1.54, 1.807) is 54.3 Å². The predicted molar refractivity (Wildman–Crippen MR) is 130 cm³/mol. The number of hydrogen-bond acceptors (Lipinski definition) is 5. The third-order valence-corrected chi connectivity index (χ3v) is 5.33. The molecular formula is C23H17Cl3N4O4. The van der Waals surface area contributed by atoms with Gasteiger partial charge < -0.3 is 19.8 Å². The van der Waals surface area contributed by atoms with Crippen molar-refractivity contribution in [2.75, 3.05) is 10.6 Å². The third-order valence-electron chi connectivity index (χ3n) is 4.55. The number of aromatic nitrogens is 2. The Balaban J connectivity index is 1.33. The Morgan fingerprint density at radius 2 is 1.56 bits per heavy atom. The van der Waals surface area contributed by atoms with E-state index in [0.717, 1.165) is 0 Å². The first-order valence-electron chi connectivity index (χ1n) is 9.87. The van der Waals surface area contributed by atoms with Gasteiger partial charge in [0.05, 0.1) is 10.0 Å². The second-order valence-electron chi connectivity index (χ2n) is 7.11. The second kappa shape index (κ2) is 10.2. The van der Waals surface area contributed by atoms with Crippen LogP contribution in [-0.4, -0.2) is 21.6 Å². The first-order valence-corrected chi connectivity index (χ1v) is 11.0. The van der Waals surface area contributed by atoms with Crippen molar-refractivity contribution >= 4 is 58.0 Å². The maximum Gasteiger partial charge on any atom is 0.291 e. The highest BCUT2D eigenvalue weighted by Gasteiger charge is 2.15. The van der Waals surface area contributed by atoms with E-state index in [-0.39, 0.29) is 34.1 Å². The van der Waals surface area contributed by atoms with Gasteiger partial charge in [-0.1, -0.05) is 34.8 Å². The van der Waals surface area contributed by atoms with Crippen molar-refractivity contribution in [3.8, 4) is 5.75 Å². The van der Waals surface area contributed by atoms with E-state index in [2.05, 4.69) is 15.7 Å². The van der Waals surface area contributed by atoms with Crippen molar-refractivity contribution in [2.24, 2.45) is 7.05 Å². The van der Waals surface area contributed by atoms with Crippen molar-refractivity contribution < 1.29 is 18.7 Å². The first kappa shape index (κ1) is 23.7. The number of halogens is 3. The minimum atomic E-state index is -0.445. The van der Waals surface area contributed by atoms with Crippen molar-refractivity contribution in [1.29, 1.82) is 0 Å². The molecule has 0 unspecified atom stereocenters.